The average molecular weight is 299 g/mol. The van der Waals surface area contributed by atoms with Crippen LogP contribution in [0.15, 0.2) is 53.5 Å². The number of benzene rings is 2. The van der Waals surface area contributed by atoms with Gasteiger partial charge in [0, 0.05) is 28.9 Å². The summed E-state index contributed by atoms with van der Waals surface area (Å²) in [4.78, 5) is 14.3. The number of hydrogen-bond acceptors (Lipinski definition) is 3. The molecular formula is C16H11ClN2O2. The predicted octanol–water partition coefficient (Wildman–Crippen LogP) is 3.72. The van der Waals surface area contributed by atoms with E-state index in [1.807, 2.05) is 12.1 Å². The van der Waals surface area contributed by atoms with E-state index in [0.717, 1.165) is 11.1 Å². The van der Waals surface area contributed by atoms with Crippen LogP contribution in [0.1, 0.15) is 11.1 Å². The molecule has 0 radical (unpaired) electrons. The van der Waals surface area contributed by atoms with Gasteiger partial charge >= 0.3 is 0 Å². The van der Waals surface area contributed by atoms with Gasteiger partial charge in [-0.3, -0.25) is 15.1 Å². The van der Waals surface area contributed by atoms with Crippen LogP contribution in [0, 0.1) is 22.0 Å². The molecule has 0 bridgehead atoms. The highest BCUT2D eigenvalue weighted by Gasteiger charge is 2.01. The highest BCUT2D eigenvalue weighted by Crippen LogP contribution is 2.11. The van der Waals surface area contributed by atoms with E-state index < -0.39 is 4.92 Å². The van der Waals surface area contributed by atoms with Crippen molar-refractivity contribution in [1.29, 1.82) is 0 Å². The van der Waals surface area contributed by atoms with E-state index >= 15 is 0 Å². The number of non-ortho nitro benzene ring substituents is 1. The molecule has 5 heteroatoms. The summed E-state index contributed by atoms with van der Waals surface area (Å²) in [6, 6.07) is 13.4. The fraction of sp³-hybridized carbons (Fsp3) is 0.0625. The van der Waals surface area contributed by atoms with Crippen LogP contribution in [0.5, 0.6) is 0 Å². The third kappa shape index (κ3) is 4.75. The molecule has 0 saturated heterocycles. The van der Waals surface area contributed by atoms with Gasteiger partial charge in [0.1, 0.15) is 6.54 Å². The van der Waals surface area contributed by atoms with Gasteiger partial charge in [-0.1, -0.05) is 35.6 Å². The van der Waals surface area contributed by atoms with Crippen LogP contribution in [0.25, 0.3) is 0 Å². The van der Waals surface area contributed by atoms with E-state index in [1.54, 1.807) is 30.5 Å². The Morgan fingerprint density at radius 1 is 1.14 bits per heavy atom. The highest BCUT2D eigenvalue weighted by atomic mass is 35.5. The van der Waals surface area contributed by atoms with E-state index in [4.69, 9.17) is 11.6 Å². The third-order valence-corrected chi connectivity index (χ3v) is 2.84. The second-order valence-electron chi connectivity index (χ2n) is 4.13. The fourth-order valence-electron chi connectivity index (χ4n) is 1.55. The molecule has 2 rings (SSSR count). The molecule has 0 aliphatic heterocycles. The number of nitro groups is 1. The number of rotatable bonds is 3. The summed E-state index contributed by atoms with van der Waals surface area (Å²) in [7, 11) is 0. The van der Waals surface area contributed by atoms with Crippen LogP contribution < -0.4 is 0 Å². The standard InChI is InChI=1S/C16H11ClN2O2/c17-15-7-3-14(4-8-15)12-18-11-1-2-13-5-9-16(10-6-13)19(20)21/h3-10,12H,11H2/b18-12+. The highest BCUT2D eigenvalue weighted by molar-refractivity contribution is 6.30. The van der Waals surface area contributed by atoms with E-state index in [0.29, 0.717) is 11.6 Å². The first kappa shape index (κ1) is 14.8. The van der Waals surface area contributed by atoms with Crippen LogP contribution in [0.4, 0.5) is 5.69 Å². The smallest absolute Gasteiger partial charge is 0.269 e. The van der Waals surface area contributed by atoms with Gasteiger partial charge in [-0.25, -0.2) is 0 Å². The summed E-state index contributed by atoms with van der Waals surface area (Å²) in [6.07, 6.45) is 1.72. The second-order valence-corrected chi connectivity index (χ2v) is 4.56. The van der Waals surface area contributed by atoms with Crippen molar-refractivity contribution in [2.24, 2.45) is 4.99 Å². The van der Waals surface area contributed by atoms with Crippen molar-refractivity contribution in [2.75, 3.05) is 6.54 Å². The van der Waals surface area contributed by atoms with E-state index in [-0.39, 0.29) is 5.69 Å². The van der Waals surface area contributed by atoms with Gasteiger partial charge in [-0.05, 0) is 29.8 Å². The lowest BCUT2D eigenvalue weighted by atomic mass is 10.2. The molecule has 0 unspecified atom stereocenters. The van der Waals surface area contributed by atoms with Crippen molar-refractivity contribution in [3.8, 4) is 11.8 Å². The molecule has 2 aromatic rings. The summed E-state index contributed by atoms with van der Waals surface area (Å²) < 4.78 is 0. The summed E-state index contributed by atoms with van der Waals surface area (Å²) >= 11 is 5.78. The lowest BCUT2D eigenvalue weighted by molar-refractivity contribution is -0.384. The molecule has 0 heterocycles. The van der Waals surface area contributed by atoms with Crippen LogP contribution in [-0.2, 0) is 0 Å². The number of hydrogen-bond donors (Lipinski definition) is 0. The molecule has 0 saturated carbocycles. The topological polar surface area (TPSA) is 55.5 Å². The van der Waals surface area contributed by atoms with Gasteiger partial charge < -0.3 is 0 Å². The van der Waals surface area contributed by atoms with Crippen molar-refractivity contribution in [3.05, 3.63) is 74.8 Å². The number of aliphatic imine (C=N–C) groups is 1. The van der Waals surface area contributed by atoms with Gasteiger partial charge in [-0.2, -0.15) is 0 Å². The largest absolute Gasteiger partial charge is 0.280 e. The maximum atomic E-state index is 10.5. The Balaban J connectivity index is 1.91. The zero-order chi connectivity index (χ0) is 15.1. The maximum absolute atomic E-state index is 10.5. The molecule has 0 aromatic heterocycles. The lowest BCUT2D eigenvalue weighted by Gasteiger charge is -1.92. The molecule has 21 heavy (non-hydrogen) atoms. The molecule has 0 N–H and O–H groups in total. The molecule has 2 aromatic carbocycles. The van der Waals surface area contributed by atoms with Gasteiger partial charge in [-0.15, -0.1) is 0 Å². The Morgan fingerprint density at radius 2 is 1.81 bits per heavy atom. The second kappa shape index (κ2) is 7.22. The summed E-state index contributed by atoms with van der Waals surface area (Å²) in [5.74, 6) is 5.79. The molecular weight excluding hydrogens is 288 g/mol. The summed E-state index contributed by atoms with van der Waals surface area (Å²) in [5.41, 5.74) is 1.74. The molecule has 0 spiro atoms. The molecule has 0 fully saturated rings. The Hall–Kier alpha value is -2.64. The summed E-state index contributed by atoms with van der Waals surface area (Å²) in [6.45, 7) is 0.361. The van der Waals surface area contributed by atoms with Crippen molar-refractivity contribution in [3.63, 3.8) is 0 Å². The molecule has 104 valence electrons. The monoisotopic (exact) mass is 298 g/mol. The number of nitro benzene ring substituents is 1. The van der Waals surface area contributed by atoms with E-state index in [1.165, 1.54) is 12.1 Å². The predicted molar refractivity (Wildman–Crippen MR) is 83.9 cm³/mol. The average Bonchev–Trinajstić information content (AvgIpc) is 2.49. The zero-order valence-corrected chi connectivity index (χ0v) is 11.7. The Kier molecular flexibility index (Phi) is 5.08. The van der Waals surface area contributed by atoms with Gasteiger partial charge in [0.05, 0.1) is 4.92 Å². The fourth-order valence-corrected chi connectivity index (χ4v) is 1.68. The van der Waals surface area contributed by atoms with Crippen molar-refractivity contribution < 1.29 is 4.92 Å². The van der Waals surface area contributed by atoms with Crippen LogP contribution in [0.3, 0.4) is 0 Å². The van der Waals surface area contributed by atoms with Crippen LogP contribution in [0.2, 0.25) is 5.02 Å². The molecule has 0 aliphatic rings. The number of halogens is 1. The quantitative estimate of drug-likeness (QED) is 0.375. The van der Waals surface area contributed by atoms with Crippen molar-refractivity contribution >= 4 is 23.5 Å². The van der Waals surface area contributed by atoms with Crippen LogP contribution >= 0.6 is 11.6 Å². The molecule has 0 amide bonds. The van der Waals surface area contributed by atoms with Crippen LogP contribution in [-0.4, -0.2) is 17.7 Å². The number of nitrogens with zero attached hydrogens (tertiary/aromatic N) is 2. The zero-order valence-electron chi connectivity index (χ0n) is 11.0. The minimum atomic E-state index is -0.437. The van der Waals surface area contributed by atoms with E-state index in [9.17, 15) is 10.1 Å². The lowest BCUT2D eigenvalue weighted by Crippen LogP contribution is -1.87. The minimum Gasteiger partial charge on any atom is -0.280 e. The van der Waals surface area contributed by atoms with Gasteiger partial charge in [0.2, 0.25) is 0 Å². The van der Waals surface area contributed by atoms with E-state index in [2.05, 4.69) is 16.8 Å². The van der Waals surface area contributed by atoms with Gasteiger partial charge in [0.15, 0.2) is 0 Å². The molecule has 0 atom stereocenters. The SMILES string of the molecule is O=[N+]([O-])c1ccc(C#CC/N=C/c2ccc(Cl)cc2)cc1. The Morgan fingerprint density at radius 3 is 2.43 bits per heavy atom. The first-order valence-electron chi connectivity index (χ1n) is 6.14. The van der Waals surface area contributed by atoms with Gasteiger partial charge in [0.25, 0.3) is 5.69 Å². The minimum absolute atomic E-state index is 0.0568. The third-order valence-electron chi connectivity index (χ3n) is 2.59. The first-order chi connectivity index (χ1) is 10.1. The molecule has 0 aliphatic carbocycles. The summed E-state index contributed by atoms with van der Waals surface area (Å²) in [5, 5.41) is 11.2. The maximum Gasteiger partial charge on any atom is 0.269 e. The first-order valence-corrected chi connectivity index (χ1v) is 6.52. The van der Waals surface area contributed by atoms with Crippen molar-refractivity contribution in [2.45, 2.75) is 0 Å². The molecule has 4 nitrogen and oxygen atoms in total. The Bertz CT molecular complexity index is 711. The van der Waals surface area contributed by atoms with Crippen molar-refractivity contribution in [1.82, 2.24) is 0 Å². The normalized spacial score (nSPS) is 10.1. The Labute approximate surface area is 127 Å².